The Morgan fingerprint density at radius 1 is 1.30 bits per heavy atom. The number of ether oxygens (including phenoxy) is 1. The van der Waals surface area contributed by atoms with Gasteiger partial charge in [0.05, 0.1) is 24.9 Å². The first-order chi connectivity index (χ1) is 11.4. The van der Waals surface area contributed by atoms with Crippen molar-refractivity contribution in [1.82, 2.24) is 25.3 Å². The Balaban J connectivity index is 1.36. The number of pyridine rings is 1. The predicted octanol–water partition coefficient (Wildman–Crippen LogP) is 2.09. The van der Waals surface area contributed by atoms with Crippen LogP contribution in [-0.2, 0) is 24.4 Å². The lowest BCUT2D eigenvalue weighted by Crippen LogP contribution is -2.36. The van der Waals surface area contributed by atoms with E-state index in [1.807, 2.05) is 29.2 Å². The van der Waals surface area contributed by atoms with Crippen LogP contribution in [0.3, 0.4) is 0 Å². The van der Waals surface area contributed by atoms with Gasteiger partial charge in [0.2, 0.25) is 0 Å². The Morgan fingerprint density at radius 2 is 2.22 bits per heavy atom. The van der Waals surface area contributed by atoms with Gasteiger partial charge in [-0.25, -0.2) is 4.68 Å². The SMILES string of the molecule is c1cc(CNCC2Cn3nnc(-c4ccsc4)c3CO2)ccn1. The van der Waals surface area contributed by atoms with Crippen LogP contribution in [0.5, 0.6) is 0 Å². The topological polar surface area (TPSA) is 64.9 Å². The molecule has 0 aliphatic carbocycles. The number of nitrogens with one attached hydrogen (secondary N) is 1. The van der Waals surface area contributed by atoms with E-state index in [-0.39, 0.29) is 6.10 Å². The number of fused-ring (bicyclic) bond motifs is 1. The van der Waals surface area contributed by atoms with Crippen LogP contribution in [0.2, 0.25) is 0 Å². The van der Waals surface area contributed by atoms with Crippen molar-refractivity contribution < 1.29 is 4.74 Å². The number of hydrogen-bond donors (Lipinski definition) is 1. The fourth-order valence-electron chi connectivity index (χ4n) is 2.69. The number of aromatic nitrogens is 4. The maximum atomic E-state index is 5.97. The summed E-state index contributed by atoms with van der Waals surface area (Å²) >= 11 is 1.67. The first-order valence-electron chi connectivity index (χ1n) is 7.56. The van der Waals surface area contributed by atoms with Gasteiger partial charge in [0.15, 0.2) is 0 Å². The second-order valence-electron chi connectivity index (χ2n) is 5.50. The zero-order valence-corrected chi connectivity index (χ0v) is 13.4. The highest BCUT2D eigenvalue weighted by Crippen LogP contribution is 2.26. The Labute approximate surface area is 138 Å². The van der Waals surface area contributed by atoms with Crippen molar-refractivity contribution in [2.24, 2.45) is 0 Å². The van der Waals surface area contributed by atoms with Crippen molar-refractivity contribution in [3.63, 3.8) is 0 Å². The van der Waals surface area contributed by atoms with E-state index in [9.17, 15) is 0 Å². The summed E-state index contributed by atoms with van der Waals surface area (Å²) in [6, 6.07) is 6.09. The summed E-state index contributed by atoms with van der Waals surface area (Å²) in [6.45, 7) is 2.89. The van der Waals surface area contributed by atoms with Crippen molar-refractivity contribution in [2.45, 2.75) is 25.8 Å². The Kier molecular flexibility index (Phi) is 4.14. The second-order valence-corrected chi connectivity index (χ2v) is 6.28. The predicted molar refractivity (Wildman–Crippen MR) is 87.9 cm³/mol. The van der Waals surface area contributed by atoms with Crippen molar-refractivity contribution in [1.29, 1.82) is 0 Å². The van der Waals surface area contributed by atoms with Gasteiger partial charge in [-0.2, -0.15) is 11.3 Å². The molecular formula is C16H17N5OS. The average Bonchev–Trinajstić information content (AvgIpc) is 3.24. The highest BCUT2D eigenvalue weighted by molar-refractivity contribution is 7.08. The van der Waals surface area contributed by atoms with Crippen LogP contribution >= 0.6 is 11.3 Å². The second kappa shape index (κ2) is 6.57. The largest absolute Gasteiger partial charge is 0.369 e. The molecule has 4 heterocycles. The molecule has 7 heteroatoms. The van der Waals surface area contributed by atoms with Crippen LogP contribution in [0.25, 0.3) is 11.3 Å². The Bertz CT molecular complexity index is 756. The molecule has 1 N–H and O–H groups in total. The van der Waals surface area contributed by atoms with Gasteiger partial charge in [-0.05, 0) is 29.1 Å². The molecule has 0 amide bonds. The van der Waals surface area contributed by atoms with Gasteiger partial charge in [-0.15, -0.1) is 5.10 Å². The molecule has 0 bridgehead atoms. The van der Waals surface area contributed by atoms with E-state index in [0.717, 1.165) is 36.6 Å². The summed E-state index contributed by atoms with van der Waals surface area (Å²) in [5.41, 5.74) is 4.34. The summed E-state index contributed by atoms with van der Waals surface area (Å²) < 4.78 is 7.93. The first kappa shape index (κ1) is 14.5. The first-order valence-corrected chi connectivity index (χ1v) is 8.50. The third kappa shape index (κ3) is 3.17. The summed E-state index contributed by atoms with van der Waals surface area (Å²) in [5.74, 6) is 0. The van der Waals surface area contributed by atoms with E-state index in [0.29, 0.717) is 6.61 Å². The zero-order chi connectivity index (χ0) is 15.5. The molecule has 1 aliphatic heterocycles. The van der Waals surface area contributed by atoms with Crippen molar-refractivity contribution in [3.8, 4) is 11.3 Å². The standard InChI is InChI=1S/C16H17N5OS/c1-4-17-5-2-12(1)7-18-8-14-9-21-15(10-22-14)16(19-20-21)13-3-6-23-11-13/h1-6,11,14,18H,7-10H2. The average molecular weight is 327 g/mol. The molecule has 1 unspecified atom stereocenters. The lowest BCUT2D eigenvalue weighted by Gasteiger charge is -2.24. The van der Waals surface area contributed by atoms with Gasteiger partial charge < -0.3 is 10.1 Å². The molecule has 23 heavy (non-hydrogen) atoms. The lowest BCUT2D eigenvalue weighted by molar-refractivity contribution is 0.00125. The summed E-state index contributed by atoms with van der Waals surface area (Å²) in [5, 5.41) is 16.2. The maximum Gasteiger partial charge on any atom is 0.119 e. The zero-order valence-electron chi connectivity index (χ0n) is 12.6. The molecule has 4 rings (SSSR count). The molecule has 1 atom stereocenters. The molecule has 0 fully saturated rings. The van der Waals surface area contributed by atoms with Crippen LogP contribution in [0.4, 0.5) is 0 Å². The van der Waals surface area contributed by atoms with Crippen LogP contribution in [0.15, 0.2) is 41.4 Å². The highest BCUT2D eigenvalue weighted by atomic mass is 32.1. The van der Waals surface area contributed by atoms with Crippen LogP contribution in [0, 0.1) is 0 Å². The minimum atomic E-state index is 0.112. The molecule has 0 saturated carbocycles. The number of rotatable bonds is 5. The van der Waals surface area contributed by atoms with E-state index in [4.69, 9.17) is 4.74 Å². The lowest BCUT2D eigenvalue weighted by atomic mass is 10.2. The third-order valence-corrected chi connectivity index (χ3v) is 4.60. The summed E-state index contributed by atoms with van der Waals surface area (Å²) in [7, 11) is 0. The van der Waals surface area contributed by atoms with Crippen LogP contribution < -0.4 is 5.32 Å². The smallest absolute Gasteiger partial charge is 0.119 e. The number of hydrogen-bond acceptors (Lipinski definition) is 6. The fraction of sp³-hybridized carbons (Fsp3) is 0.312. The molecular weight excluding hydrogens is 310 g/mol. The quantitative estimate of drug-likeness (QED) is 0.777. The van der Waals surface area contributed by atoms with Gasteiger partial charge in [-0.3, -0.25) is 4.98 Å². The van der Waals surface area contributed by atoms with Crippen molar-refractivity contribution in [3.05, 3.63) is 52.6 Å². The molecule has 0 spiro atoms. The van der Waals surface area contributed by atoms with Gasteiger partial charge in [-0.1, -0.05) is 5.21 Å². The van der Waals surface area contributed by atoms with Gasteiger partial charge >= 0.3 is 0 Å². The minimum absolute atomic E-state index is 0.112. The molecule has 3 aromatic rings. The summed E-state index contributed by atoms with van der Waals surface area (Å²) in [4.78, 5) is 4.02. The molecule has 3 aromatic heterocycles. The van der Waals surface area contributed by atoms with Gasteiger partial charge in [0.25, 0.3) is 0 Å². The number of nitrogens with zero attached hydrogens (tertiary/aromatic N) is 4. The highest BCUT2D eigenvalue weighted by Gasteiger charge is 2.24. The van der Waals surface area contributed by atoms with Crippen LogP contribution in [-0.4, -0.2) is 32.6 Å². The maximum absolute atomic E-state index is 5.97. The van der Waals surface area contributed by atoms with Gasteiger partial charge in [0.1, 0.15) is 5.69 Å². The van der Waals surface area contributed by atoms with Gasteiger partial charge in [0, 0.05) is 36.4 Å². The Morgan fingerprint density at radius 3 is 3.04 bits per heavy atom. The molecule has 1 aliphatic rings. The fourth-order valence-corrected chi connectivity index (χ4v) is 3.33. The van der Waals surface area contributed by atoms with Crippen molar-refractivity contribution in [2.75, 3.05) is 6.54 Å². The van der Waals surface area contributed by atoms with E-state index in [2.05, 4.69) is 37.4 Å². The molecule has 118 valence electrons. The monoisotopic (exact) mass is 327 g/mol. The molecule has 0 aromatic carbocycles. The molecule has 0 saturated heterocycles. The van der Waals surface area contributed by atoms with Crippen molar-refractivity contribution >= 4 is 11.3 Å². The normalized spacial score (nSPS) is 17.1. The number of thiophene rings is 1. The molecule has 6 nitrogen and oxygen atoms in total. The molecule has 0 radical (unpaired) electrons. The van der Waals surface area contributed by atoms with E-state index < -0.39 is 0 Å². The van der Waals surface area contributed by atoms with E-state index in [1.54, 1.807) is 11.3 Å². The third-order valence-electron chi connectivity index (χ3n) is 3.92. The summed E-state index contributed by atoms with van der Waals surface area (Å²) in [6.07, 6.45) is 3.73. The minimum Gasteiger partial charge on any atom is -0.369 e. The Hall–Kier alpha value is -2.09. The van der Waals surface area contributed by atoms with Crippen LogP contribution in [0.1, 0.15) is 11.3 Å². The van der Waals surface area contributed by atoms with E-state index in [1.165, 1.54) is 5.56 Å². The van der Waals surface area contributed by atoms with E-state index >= 15 is 0 Å².